The Balaban J connectivity index is 1.55. The summed E-state index contributed by atoms with van der Waals surface area (Å²) in [5.41, 5.74) is 2.03. The molecule has 0 aliphatic carbocycles. The molecule has 4 rings (SSSR count). The number of rotatable bonds is 2. The topological polar surface area (TPSA) is 52.2 Å². The maximum absolute atomic E-state index is 14.6. The van der Waals surface area contributed by atoms with Crippen molar-refractivity contribution in [1.29, 1.82) is 0 Å². The number of piperazine rings is 1. The molecule has 1 aliphatic heterocycles. The molecule has 2 aromatic carbocycles. The molecule has 0 bridgehead atoms. The van der Waals surface area contributed by atoms with Crippen LogP contribution in [-0.4, -0.2) is 46.5 Å². The number of nitrogens with zero attached hydrogens (tertiary/aromatic N) is 3. The largest absolute Gasteiger partial charge is 0.365 e. The van der Waals surface area contributed by atoms with Crippen molar-refractivity contribution in [1.82, 2.24) is 14.9 Å². The summed E-state index contributed by atoms with van der Waals surface area (Å²) < 4.78 is 14.6. The molecule has 1 aliphatic rings. The lowest BCUT2D eigenvalue weighted by Crippen LogP contribution is -2.53. The van der Waals surface area contributed by atoms with Crippen LogP contribution in [0.2, 0.25) is 0 Å². The second-order valence-electron chi connectivity index (χ2n) is 6.35. The summed E-state index contributed by atoms with van der Waals surface area (Å²) in [5, 5.41) is 0. The van der Waals surface area contributed by atoms with Gasteiger partial charge in [-0.1, -0.05) is 18.2 Å². The second-order valence-corrected chi connectivity index (χ2v) is 6.35. The van der Waals surface area contributed by atoms with Crippen molar-refractivity contribution in [3.8, 4) is 0 Å². The van der Waals surface area contributed by atoms with Gasteiger partial charge in [-0.05, 0) is 31.2 Å². The van der Waals surface area contributed by atoms with E-state index < -0.39 is 5.82 Å². The van der Waals surface area contributed by atoms with Crippen LogP contribution in [0.5, 0.6) is 0 Å². The van der Waals surface area contributed by atoms with E-state index in [1.807, 2.05) is 18.2 Å². The molecule has 1 aromatic heterocycles. The molecule has 1 N–H and O–H groups in total. The summed E-state index contributed by atoms with van der Waals surface area (Å²) in [4.78, 5) is 23.6. The van der Waals surface area contributed by atoms with Gasteiger partial charge in [0.1, 0.15) is 5.52 Å². The van der Waals surface area contributed by atoms with Gasteiger partial charge in [0.15, 0.2) is 5.82 Å². The Morgan fingerprint density at radius 3 is 2.76 bits per heavy atom. The first-order chi connectivity index (χ1) is 12.1. The van der Waals surface area contributed by atoms with E-state index in [1.54, 1.807) is 11.0 Å². The fourth-order valence-electron chi connectivity index (χ4n) is 3.45. The quantitative estimate of drug-likeness (QED) is 0.781. The third-order valence-electron chi connectivity index (χ3n) is 4.76. The minimum absolute atomic E-state index is 0.0833. The normalized spacial score (nSPS) is 17.9. The average molecular weight is 338 g/mol. The smallest absolute Gasteiger partial charge is 0.257 e. The van der Waals surface area contributed by atoms with Crippen LogP contribution in [0.4, 0.5) is 10.1 Å². The fourth-order valence-corrected chi connectivity index (χ4v) is 3.45. The molecule has 0 saturated carbocycles. The third-order valence-corrected chi connectivity index (χ3v) is 4.76. The Morgan fingerprint density at radius 2 is 2.00 bits per heavy atom. The van der Waals surface area contributed by atoms with E-state index in [0.717, 1.165) is 12.2 Å². The van der Waals surface area contributed by atoms with Crippen LogP contribution in [0.15, 0.2) is 48.8 Å². The zero-order chi connectivity index (χ0) is 17.4. The molecule has 3 aromatic rings. The van der Waals surface area contributed by atoms with Gasteiger partial charge in [-0.15, -0.1) is 0 Å². The van der Waals surface area contributed by atoms with Gasteiger partial charge in [0.05, 0.1) is 17.4 Å². The first-order valence-electron chi connectivity index (χ1n) is 8.37. The van der Waals surface area contributed by atoms with Crippen molar-refractivity contribution in [2.75, 3.05) is 24.5 Å². The zero-order valence-corrected chi connectivity index (χ0v) is 13.9. The third kappa shape index (κ3) is 2.73. The minimum Gasteiger partial charge on any atom is -0.365 e. The molecule has 1 atom stereocenters. The number of anilines is 1. The van der Waals surface area contributed by atoms with Gasteiger partial charge in [0, 0.05) is 31.4 Å². The number of carbonyl (C=O) groups is 1. The molecule has 1 amide bonds. The Labute approximate surface area is 145 Å². The van der Waals surface area contributed by atoms with Gasteiger partial charge in [0.2, 0.25) is 0 Å². The van der Waals surface area contributed by atoms with Crippen molar-refractivity contribution < 1.29 is 9.18 Å². The second kappa shape index (κ2) is 6.20. The van der Waals surface area contributed by atoms with Crippen molar-refractivity contribution in [2.45, 2.75) is 13.0 Å². The molecule has 25 heavy (non-hydrogen) atoms. The van der Waals surface area contributed by atoms with Crippen LogP contribution in [0.1, 0.15) is 17.3 Å². The van der Waals surface area contributed by atoms with E-state index in [0.29, 0.717) is 18.6 Å². The summed E-state index contributed by atoms with van der Waals surface area (Å²) in [6, 6.07) is 13.5. The summed E-state index contributed by atoms with van der Waals surface area (Å²) in [7, 11) is 0. The highest BCUT2D eigenvalue weighted by Gasteiger charge is 2.29. The highest BCUT2D eigenvalue weighted by Crippen LogP contribution is 2.23. The number of para-hydroxylation sites is 1. The number of amides is 1. The molecule has 1 unspecified atom stereocenters. The number of hydrogen-bond acceptors (Lipinski definition) is 3. The van der Waals surface area contributed by atoms with Crippen LogP contribution in [0.3, 0.4) is 0 Å². The molecule has 2 heterocycles. The predicted octanol–water partition coefficient (Wildman–Crippen LogP) is 3.05. The Hall–Kier alpha value is -2.89. The Kier molecular flexibility index (Phi) is 3.87. The molecule has 128 valence electrons. The number of carbonyl (C=O) groups excluding carboxylic acids is 1. The number of imidazole rings is 1. The van der Waals surface area contributed by atoms with Gasteiger partial charge in [-0.25, -0.2) is 9.37 Å². The van der Waals surface area contributed by atoms with Gasteiger partial charge in [-0.3, -0.25) is 4.79 Å². The average Bonchev–Trinajstić information content (AvgIpc) is 3.12. The highest BCUT2D eigenvalue weighted by atomic mass is 19.1. The van der Waals surface area contributed by atoms with E-state index in [9.17, 15) is 9.18 Å². The SMILES string of the molecule is CC1CN(C(=O)c2ccc3[nH]cnc3c2F)CCN1c1ccccc1. The summed E-state index contributed by atoms with van der Waals surface area (Å²) >= 11 is 0. The van der Waals surface area contributed by atoms with Crippen molar-refractivity contribution >= 4 is 22.6 Å². The molecule has 5 nitrogen and oxygen atoms in total. The van der Waals surface area contributed by atoms with Crippen LogP contribution in [0, 0.1) is 5.82 Å². The van der Waals surface area contributed by atoms with Gasteiger partial charge >= 0.3 is 0 Å². The molecular weight excluding hydrogens is 319 g/mol. The minimum atomic E-state index is -0.554. The zero-order valence-electron chi connectivity index (χ0n) is 13.9. The lowest BCUT2D eigenvalue weighted by molar-refractivity contribution is 0.0722. The van der Waals surface area contributed by atoms with Gasteiger partial charge < -0.3 is 14.8 Å². The van der Waals surface area contributed by atoms with Crippen molar-refractivity contribution in [3.05, 3.63) is 60.2 Å². The monoisotopic (exact) mass is 338 g/mol. The lowest BCUT2D eigenvalue weighted by Gasteiger charge is -2.41. The number of H-pyrrole nitrogens is 1. The maximum atomic E-state index is 14.6. The number of hydrogen-bond donors (Lipinski definition) is 1. The summed E-state index contributed by atoms with van der Waals surface area (Å²) in [6.07, 6.45) is 1.43. The lowest BCUT2D eigenvalue weighted by atomic mass is 10.1. The molecule has 0 radical (unpaired) electrons. The van der Waals surface area contributed by atoms with Crippen molar-refractivity contribution in [2.24, 2.45) is 0 Å². The van der Waals surface area contributed by atoms with E-state index in [1.165, 1.54) is 12.4 Å². The number of halogens is 1. The molecule has 0 spiro atoms. The van der Waals surface area contributed by atoms with Gasteiger partial charge in [0.25, 0.3) is 5.91 Å². The summed E-state index contributed by atoms with van der Waals surface area (Å²) in [6.45, 7) is 3.94. The highest BCUT2D eigenvalue weighted by molar-refractivity contribution is 5.98. The number of aromatic amines is 1. The maximum Gasteiger partial charge on any atom is 0.257 e. The molecule has 1 saturated heterocycles. The van der Waals surface area contributed by atoms with Crippen LogP contribution < -0.4 is 4.90 Å². The first kappa shape index (κ1) is 15.6. The van der Waals surface area contributed by atoms with E-state index in [-0.39, 0.29) is 23.0 Å². The van der Waals surface area contributed by atoms with Crippen LogP contribution in [-0.2, 0) is 0 Å². The molecular formula is C19H19FN4O. The number of nitrogens with one attached hydrogen (secondary N) is 1. The van der Waals surface area contributed by atoms with Crippen molar-refractivity contribution in [3.63, 3.8) is 0 Å². The van der Waals surface area contributed by atoms with E-state index in [4.69, 9.17) is 0 Å². The van der Waals surface area contributed by atoms with Crippen LogP contribution >= 0.6 is 0 Å². The first-order valence-corrected chi connectivity index (χ1v) is 8.37. The standard InChI is InChI=1S/C19H19FN4O/c1-13-11-23(9-10-24(13)14-5-3-2-4-6-14)19(25)15-7-8-16-18(17(15)20)22-12-21-16/h2-8,12-13H,9-11H2,1H3,(H,21,22). The summed E-state index contributed by atoms with van der Waals surface area (Å²) in [5.74, 6) is -0.830. The van der Waals surface area contributed by atoms with Crippen LogP contribution in [0.25, 0.3) is 11.0 Å². The van der Waals surface area contributed by atoms with Gasteiger partial charge in [-0.2, -0.15) is 0 Å². The van der Waals surface area contributed by atoms with E-state index >= 15 is 0 Å². The number of fused-ring (bicyclic) bond motifs is 1. The number of benzene rings is 2. The Morgan fingerprint density at radius 1 is 1.20 bits per heavy atom. The number of aromatic nitrogens is 2. The Bertz CT molecular complexity index is 908. The fraction of sp³-hybridized carbons (Fsp3) is 0.263. The molecule has 6 heteroatoms. The predicted molar refractivity (Wildman–Crippen MR) is 95.2 cm³/mol. The molecule has 1 fully saturated rings. The van der Waals surface area contributed by atoms with E-state index in [2.05, 4.69) is 33.9 Å².